The van der Waals surface area contributed by atoms with Gasteiger partial charge in [0.2, 0.25) is 0 Å². The minimum absolute atomic E-state index is 0.0487. The van der Waals surface area contributed by atoms with Gasteiger partial charge < -0.3 is 9.47 Å². The van der Waals surface area contributed by atoms with Crippen molar-refractivity contribution in [2.75, 3.05) is 0 Å². The van der Waals surface area contributed by atoms with Crippen molar-refractivity contribution in [1.82, 2.24) is 0 Å². The van der Waals surface area contributed by atoms with Crippen LogP contribution in [0.25, 0.3) is 0 Å². The van der Waals surface area contributed by atoms with Gasteiger partial charge in [0.15, 0.2) is 0 Å². The van der Waals surface area contributed by atoms with Crippen LogP contribution in [0.5, 0.6) is 0 Å². The number of fused-ring (bicyclic) bond motifs is 1. The molecule has 126 valence electrons. The molecule has 3 fully saturated rings. The van der Waals surface area contributed by atoms with Gasteiger partial charge in [-0.1, -0.05) is 25.1 Å². The highest BCUT2D eigenvalue weighted by atomic mass is 35.5. The summed E-state index contributed by atoms with van der Waals surface area (Å²) in [5, 5.41) is 0. The number of epoxide rings is 1. The summed E-state index contributed by atoms with van der Waals surface area (Å²) in [5.41, 5.74) is 0.272. The molecule has 5 unspecified atom stereocenters. The first-order valence-electron chi connectivity index (χ1n) is 8.17. The molecule has 0 spiro atoms. The molecule has 2 saturated carbocycles. The van der Waals surface area contributed by atoms with Gasteiger partial charge in [-0.25, -0.2) is 4.39 Å². The van der Waals surface area contributed by atoms with E-state index in [-0.39, 0.29) is 35.6 Å². The summed E-state index contributed by atoms with van der Waals surface area (Å²) in [6.07, 6.45) is 2.81. The number of halogens is 3. The summed E-state index contributed by atoms with van der Waals surface area (Å²) in [4.78, 5) is 0. The molecule has 1 aliphatic heterocycles. The van der Waals surface area contributed by atoms with Gasteiger partial charge >= 0.3 is 0 Å². The zero-order chi connectivity index (χ0) is 16.5. The molecule has 23 heavy (non-hydrogen) atoms. The van der Waals surface area contributed by atoms with Crippen molar-refractivity contribution in [3.05, 3.63) is 35.6 Å². The second kappa shape index (κ2) is 5.08. The second-order valence-electron chi connectivity index (χ2n) is 7.65. The van der Waals surface area contributed by atoms with Crippen LogP contribution in [0.1, 0.15) is 38.7 Å². The SMILES string of the molecule is CC12OC1CC(C1(C)CC1(Cl)Cl)CC2OCc1ccccc1F. The topological polar surface area (TPSA) is 21.8 Å². The van der Waals surface area contributed by atoms with E-state index in [2.05, 4.69) is 13.8 Å². The van der Waals surface area contributed by atoms with Crippen molar-refractivity contribution in [2.45, 2.75) is 61.9 Å². The number of benzene rings is 1. The monoisotopic (exact) mass is 358 g/mol. The van der Waals surface area contributed by atoms with Gasteiger partial charge in [-0.05, 0) is 38.2 Å². The molecule has 2 aliphatic carbocycles. The molecule has 3 aliphatic rings. The molecule has 5 atom stereocenters. The van der Waals surface area contributed by atoms with E-state index in [1.807, 2.05) is 6.07 Å². The van der Waals surface area contributed by atoms with Crippen LogP contribution in [0.4, 0.5) is 4.39 Å². The smallest absolute Gasteiger partial charge is 0.128 e. The Morgan fingerprint density at radius 2 is 1.96 bits per heavy atom. The average Bonchev–Trinajstić information content (AvgIpc) is 3.30. The predicted molar refractivity (Wildman–Crippen MR) is 88.1 cm³/mol. The van der Waals surface area contributed by atoms with Crippen LogP contribution in [0.15, 0.2) is 24.3 Å². The predicted octanol–water partition coefficient (Wildman–Crippen LogP) is 4.86. The Morgan fingerprint density at radius 3 is 2.61 bits per heavy atom. The Bertz CT molecular complexity index is 637. The van der Waals surface area contributed by atoms with Gasteiger partial charge in [-0.3, -0.25) is 0 Å². The fourth-order valence-electron chi connectivity index (χ4n) is 4.10. The van der Waals surface area contributed by atoms with Crippen LogP contribution < -0.4 is 0 Å². The first-order chi connectivity index (χ1) is 10.8. The summed E-state index contributed by atoms with van der Waals surface area (Å²) in [5.74, 6) is 0.150. The van der Waals surface area contributed by atoms with E-state index < -0.39 is 4.33 Å². The molecule has 0 radical (unpaired) electrons. The van der Waals surface area contributed by atoms with Crippen molar-refractivity contribution in [3.8, 4) is 0 Å². The summed E-state index contributed by atoms with van der Waals surface area (Å²) in [6.45, 7) is 4.50. The second-order valence-corrected chi connectivity index (χ2v) is 9.13. The minimum atomic E-state index is -0.629. The van der Waals surface area contributed by atoms with Crippen LogP contribution in [-0.2, 0) is 16.1 Å². The van der Waals surface area contributed by atoms with Crippen molar-refractivity contribution < 1.29 is 13.9 Å². The summed E-state index contributed by atoms with van der Waals surface area (Å²) >= 11 is 12.7. The normalized spacial score (nSPS) is 43.8. The zero-order valence-electron chi connectivity index (χ0n) is 13.3. The highest BCUT2D eigenvalue weighted by Gasteiger charge is 2.71. The Hall–Kier alpha value is -0.350. The average molecular weight is 359 g/mol. The Balaban J connectivity index is 1.46. The van der Waals surface area contributed by atoms with Crippen LogP contribution >= 0.6 is 23.2 Å². The summed E-state index contributed by atoms with van der Waals surface area (Å²) < 4.78 is 25.1. The Kier molecular flexibility index (Phi) is 3.56. The van der Waals surface area contributed by atoms with Gasteiger partial charge in [0.05, 0.1) is 18.8 Å². The van der Waals surface area contributed by atoms with E-state index in [1.54, 1.807) is 12.1 Å². The summed E-state index contributed by atoms with van der Waals surface area (Å²) in [7, 11) is 0. The van der Waals surface area contributed by atoms with Crippen molar-refractivity contribution >= 4 is 23.2 Å². The van der Waals surface area contributed by atoms with Crippen LogP contribution in [0, 0.1) is 17.2 Å². The van der Waals surface area contributed by atoms with Crippen LogP contribution in [0.3, 0.4) is 0 Å². The fourth-order valence-corrected chi connectivity index (χ4v) is 4.97. The number of alkyl halides is 2. The van der Waals surface area contributed by atoms with E-state index in [4.69, 9.17) is 32.7 Å². The minimum Gasteiger partial charge on any atom is -0.370 e. The summed E-state index contributed by atoms with van der Waals surface area (Å²) in [6, 6.07) is 6.73. The van der Waals surface area contributed by atoms with Crippen LogP contribution in [0.2, 0.25) is 0 Å². The lowest BCUT2D eigenvalue weighted by atomic mass is 9.73. The molecule has 1 saturated heterocycles. The third-order valence-corrected chi connectivity index (χ3v) is 7.34. The number of rotatable bonds is 4. The molecule has 5 heteroatoms. The third-order valence-electron chi connectivity index (χ3n) is 6.21. The maximum Gasteiger partial charge on any atom is 0.128 e. The number of hydrogen-bond acceptors (Lipinski definition) is 2. The molecule has 0 amide bonds. The lowest BCUT2D eigenvalue weighted by Gasteiger charge is -2.35. The number of hydrogen-bond donors (Lipinski definition) is 0. The first kappa shape index (κ1) is 16.1. The van der Waals surface area contributed by atoms with E-state index in [0.29, 0.717) is 11.5 Å². The zero-order valence-corrected chi connectivity index (χ0v) is 14.8. The lowest BCUT2D eigenvalue weighted by molar-refractivity contribution is -0.0344. The van der Waals surface area contributed by atoms with E-state index >= 15 is 0 Å². The lowest BCUT2D eigenvalue weighted by Crippen LogP contribution is -2.41. The molecule has 1 aromatic rings. The molecule has 0 N–H and O–H groups in total. The van der Waals surface area contributed by atoms with Crippen LogP contribution in [-0.4, -0.2) is 22.1 Å². The quantitative estimate of drug-likeness (QED) is 0.566. The highest BCUT2D eigenvalue weighted by Crippen LogP contribution is 2.71. The highest BCUT2D eigenvalue weighted by molar-refractivity contribution is 6.51. The van der Waals surface area contributed by atoms with Gasteiger partial charge in [0, 0.05) is 11.0 Å². The van der Waals surface area contributed by atoms with Gasteiger partial charge in [0.25, 0.3) is 0 Å². The fraction of sp³-hybridized carbons (Fsp3) is 0.667. The van der Waals surface area contributed by atoms with E-state index in [1.165, 1.54) is 6.07 Å². The maximum atomic E-state index is 13.8. The maximum absolute atomic E-state index is 13.8. The number of ether oxygens (including phenoxy) is 2. The molecule has 2 nitrogen and oxygen atoms in total. The standard InChI is InChI=1S/C18H21Cl2FO2/c1-16(10-18(16,19)20)12-7-14(17(2)15(8-12)23-17)22-9-11-5-3-4-6-13(11)21/h3-6,12,14-15H,7-10H2,1-2H3. The molecule has 1 aromatic carbocycles. The van der Waals surface area contributed by atoms with E-state index in [9.17, 15) is 4.39 Å². The van der Waals surface area contributed by atoms with Crippen molar-refractivity contribution in [3.63, 3.8) is 0 Å². The van der Waals surface area contributed by atoms with Gasteiger partial charge in [0.1, 0.15) is 15.8 Å². The van der Waals surface area contributed by atoms with Gasteiger partial charge in [-0.2, -0.15) is 0 Å². The third kappa shape index (κ3) is 2.52. The molecule has 0 bridgehead atoms. The largest absolute Gasteiger partial charge is 0.370 e. The Morgan fingerprint density at radius 1 is 1.26 bits per heavy atom. The molecular weight excluding hydrogens is 338 g/mol. The molecule has 1 heterocycles. The van der Waals surface area contributed by atoms with Crippen molar-refractivity contribution in [2.24, 2.45) is 11.3 Å². The Labute approximate surface area is 146 Å². The van der Waals surface area contributed by atoms with Crippen molar-refractivity contribution in [1.29, 1.82) is 0 Å². The molecule has 0 aromatic heterocycles. The van der Waals surface area contributed by atoms with Gasteiger partial charge in [-0.15, -0.1) is 23.2 Å². The van der Waals surface area contributed by atoms with E-state index in [0.717, 1.165) is 19.3 Å². The first-order valence-corrected chi connectivity index (χ1v) is 8.92. The molecule has 4 rings (SSSR count). The molecular formula is C18H21Cl2FO2.